The van der Waals surface area contributed by atoms with Crippen molar-refractivity contribution in [1.82, 2.24) is 15.1 Å². The van der Waals surface area contributed by atoms with Crippen LogP contribution in [-0.4, -0.2) is 23.1 Å². The van der Waals surface area contributed by atoms with Gasteiger partial charge >= 0.3 is 0 Å². The molecular weight excluding hydrogens is 254 g/mol. The van der Waals surface area contributed by atoms with Gasteiger partial charge in [-0.25, -0.2) is 0 Å². The van der Waals surface area contributed by atoms with Gasteiger partial charge in [-0.3, -0.25) is 4.68 Å². The molecule has 1 atom stereocenters. The second-order valence-electron chi connectivity index (χ2n) is 5.17. The number of hydrogen-bond acceptors (Lipinski definition) is 4. The lowest BCUT2D eigenvalue weighted by Crippen LogP contribution is -2.30. The molecule has 1 aromatic heterocycles. The van der Waals surface area contributed by atoms with Crippen molar-refractivity contribution in [2.45, 2.75) is 25.9 Å². The molecular formula is C15H17N3O2. The first-order valence-corrected chi connectivity index (χ1v) is 7.03. The summed E-state index contributed by atoms with van der Waals surface area (Å²) < 4.78 is 12.9. The van der Waals surface area contributed by atoms with Gasteiger partial charge in [-0.15, -0.1) is 0 Å². The minimum Gasteiger partial charge on any atom is -0.454 e. The van der Waals surface area contributed by atoms with Crippen molar-refractivity contribution in [2.75, 3.05) is 13.3 Å². The van der Waals surface area contributed by atoms with Gasteiger partial charge in [0.25, 0.3) is 0 Å². The third kappa shape index (κ3) is 1.78. The molecule has 2 aliphatic heterocycles. The molecule has 1 aromatic carbocycles. The Morgan fingerprint density at radius 1 is 1.35 bits per heavy atom. The Balaban J connectivity index is 1.77. The Morgan fingerprint density at radius 2 is 2.20 bits per heavy atom. The summed E-state index contributed by atoms with van der Waals surface area (Å²) in [6.07, 6.45) is 5.07. The fourth-order valence-electron chi connectivity index (χ4n) is 2.95. The van der Waals surface area contributed by atoms with Crippen molar-refractivity contribution >= 4 is 0 Å². The molecule has 2 aliphatic rings. The van der Waals surface area contributed by atoms with Gasteiger partial charge in [0, 0.05) is 24.8 Å². The smallest absolute Gasteiger partial charge is 0.231 e. The van der Waals surface area contributed by atoms with E-state index in [4.69, 9.17) is 9.47 Å². The molecule has 0 fully saturated rings. The summed E-state index contributed by atoms with van der Waals surface area (Å²) in [5.41, 5.74) is 3.81. The fraction of sp³-hybridized carbons (Fsp3) is 0.400. The van der Waals surface area contributed by atoms with E-state index in [1.165, 1.54) is 16.7 Å². The Morgan fingerprint density at radius 3 is 3.00 bits per heavy atom. The molecule has 0 bridgehead atoms. The minimum atomic E-state index is 0.188. The van der Waals surface area contributed by atoms with E-state index in [1.807, 2.05) is 10.9 Å². The zero-order chi connectivity index (χ0) is 13.5. The number of fused-ring (bicyclic) bond motifs is 2. The molecule has 0 saturated heterocycles. The molecule has 0 radical (unpaired) electrons. The average Bonchev–Trinajstić information content (AvgIpc) is 3.12. The van der Waals surface area contributed by atoms with Gasteiger partial charge in [-0.1, -0.05) is 0 Å². The van der Waals surface area contributed by atoms with Crippen LogP contribution in [0.2, 0.25) is 0 Å². The van der Waals surface area contributed by atoms with Gasteiger partial charge < -0.3 is 14.8 Å². The number of rotatable bonds is 2. The first kappa shape index (κ1) is 11.8. The quantitative estimate of drug-likeness (QED) is 0.906. The zero-order valence-electron chi connectivity index (χ0n) is 11.4. The molecule has 0 aliphatic carbocycles. The lowest BCUT2D eigenvalue weighted by Gasteiger charge is -2.26. The van der Waals surface area contributed by atoms with Crippen LogP contribution in [-0.2, 0) is 13.0 Å². The highest BCUT2D eigenvalue weighted by Gasteiger charge is 2.26. The number of hydrogen-bond donors (Lipinski definition) is 1. The van der Waals surface area contributed by atoms with E-state index < -0.39 is 0 Å². The van der Waals surface area contributed by atoms with Gasteiger partial charge in [0.1, 0.15) is 0 Å². The number of nitrogens with zero attached hydrogens (tertiary/aromatic N) is 2. The number of aryl methyl sites for hydroxylation is 1. The van der Waals surface area contributed by atoms with Gasteiger partial charge in [0.05, 0.1) is 12.2 Å². The van der Waals surface area contributed by atoms with Crippen LogP contribution in [0.15, 0.2) is 24.5 Å². The van der Waals surface area contributed by atoms with Crippen LogP contribution >= 0.6 is 0 Å². The monoisotopic (exact) mass is 271 g/mol. The third-order valence-electron chi connectivity index (χ3n) is 4.00. The van der Waals surface area contributed by atoms with E-state index in [9.17, 15) is 0 Å². The molecule has 104 valence electrons. The van der Waals surface area contributed by atoms with Crippen molar-refractivity contribution in [1.29, 1.82) is 0 Å². The molecule has 0 saturated carbocycles. The van der Waals surface area contributed by atoms with Crippen molar-refractivity contribution in [2.24, 2.45) is 0 Å². The molecule has 5 heteroatoms. The van der Waals surface area contributed by atoms with E-state index in [0.29, 0.717) is 6.79 Å². The van der Waals surface area contributed by atoms with E-state index in [0.717, 1.165) is 31.0 Å². The molecule has 20 heavy (non-hydrogen) atoms. The number of ether oxygens (including phenoxy) is 2. The highest BCUT2D eigenvalue weighted by atomic mass is 16.7. The fourth-order valence-corrected chi connectivity index (χ4v) is 2.95. The second-order valence-corrected chi connectivity index (χ2v) is 5.17. The Hall–Kier alpha value is -2.01. The van der Waals surface area contributed by atoms with Gasteiger partial charge in [0.2, 0.25) is 6.79 Å². The molecule has 1 unspecified atom stereocenters. The molecule has 0 spiro atoms. The molecule has 3 heterocycles. The van der Waals surface area contributed by atoms with E-state index in [1.54, 1.807) is 0 Å². The maximum absolute atomic E-state index is 5.50. The Bertz CT molecular complexity index is 651. The van der Waals surface area contributed by atoms with E-state index in [-0.39, 0.29) is 6.04 Å². The van der Waals surface area contributed by atoms with Crippen LogP contribution in [0, 0.1) is 0 Å². The summed E-state index contributed by atoms with van der Waals surface area (Å²) >= 11 is 0. The second kappa shape index (κ2) is 4.52. The molecule has 2 aromatic rings. The first-order chi connectivity index (χ1) is 9.85. The van der Waals surface area contributed by atoms with Crippen LogP contribution in [0.25, 0.3) is 0 Å². The number of nitrogens with one attached hydrogen (secondary N) is 1. The van der Waals surface area contributed by atoms with Crippen LogP contribution in [0.3, 0.4) is 0 Å². The predicted octanol–water partition coefficient (Wildman–Crippen LogP) is 1.87. The zero-order valence-corrected chi connectivity index (χ0v) is 11.4. The lowest BCUT2D eigenvalue weighted by atomic mass is 9.91. The summed E-state index contributed by atoms with van der Waals surface area (Å²) in [4.78, 5) is 0. The molecule has 4 rings (SSSR count). The maximum Gasteiger partial charge on any atom is 0.231 e. The molecule has 0 amide bonds. The van der Waals surface area contributed by atoms with Crippen LogP contribution in [0.5, 0.6) is 11.5 Å². The van der Waals surface area contributed by atoms with Crippen LogP contribution in [0.1, 0.15) is 29.7 Å². The van der Waals surface area contributed by atoms with Crippen molar-refractivity contribution in [3.05, 3.63) is 41.2 Å². The number of aromatic nitrogens is 2. The van der Waals surface area contributed by atoms with Crippen LogP contribution in [0.4, 0.5) is 0 Å². The van der Waals surface area contributed by atoms with E-state index >= 15 is 0 Å². The largest absolute Gasteiger partial charge is 0.454 e. The number of benzene rings is 1. The van der Waals surface area contributed by atoms with Crippen molar-refractivity contribution in [3.63, 3.8) is 0 Å². The topological polar surface area (TPSA) is 48.3 Å². The SMILES string of the molecule is CCn1cc(C2NCCc3cc4c(cc32)OCO4)cn1. The summed E-state index contributed by atoms with van der Waals surface area (Å²) in [6.45, 7) is 4.27. The Kier molecular flexibility index (Phi) is 2.67. The van der Waals surface area contributed by atoms with Gasteiger partial charge in [-0.05, 0) is 36.6 Å². The van der Waals surface area contributed by atoms with Crippen LogP contribution < -0.4 is 14.8 Å². The summed E-state index contributed by atoms with van der Waals surface area (Å²) in [7, 11) is 0. The minimum absolute atomic E-state index is 0.188. The first-order valence-electron chi connectivity index (χ1n) is 7.03. The standard InChI is InChI=1S/C15H17N3O2/c1-2-18-8-11(7-17-18)15-12-6-14-13(19-9-20-14)5-10(12)3-4-16-15/h5-8,15-16H,2-4,9H2,1H3. The van der Waals surface area contributed by atoms with Gasteiger partial charge in [-0.2, -0.15) is 5.10 Å². The predicted molar refractivity (Wildman–Crippen MR) is 74.0 cm³/mol. The maximum atomic E-state index is 5.50. The summed E-state index contributed by atoms with van der Waals surface area (Å²) in [6, 6.07) is 4.42. The van der Waals surface area contributed by atoms with Crippen molar-refractivity contribution < 1.29 is 9.47 Å². The van der Waals surface area contributed by atoms with Crippen molar-refractivity contribution in [3.8, 4) is 11.5 Å². The van der Waals surface area contributed by atoms with E-state index in [2.05, 4.69) is 35.7 Å². The molecule has 5 nitrogen and oxygen atoms in total. The van der Waals surface area contributed by atoms with Gasteiger partial charge in [0.15, 0.2) is 11.5 Å². The summed E-state index contributed by atoms with van der Waals surface area (Å²) in [5, 5.41) is 7.95. The highest BCUT2D eigenvalue weighted by Crippen LogP contribution is 2.39. The summed E-state index contributed by atoms with van der Waals surface area (Å²) in [5.74, 6) is 1.72. The normalized spacial score (nSPS) is 19.9. The lowest BCUT2D eigenvalue weighted by molar-refractivity contribution is 0.174. The average molecular weight is 271 g/mol. The highest BCUT2D eigenvalue weighted by molar-refractivity contribution is 5.52. The Labute approximate surface area is 117 Å². The third-order valence-corrected chi connectivity index (χ3v) is 4.00. The molecule has 1 N–H and O–H groups in total.